The average Bonchev–Trinajstić information content (AvgIpc) is 2.76. The summed E-state index contributed by atoms with van der Waals surface area (Å²) in [6.45, 7) is 1.39. The molecule has 1 aliphatic rings. The zero-order chi connectivity index (χ0) is 19.2. The minimum absolute atomic E-state index is 0.0863. The van der Waals surface area contributed by atoms with E-state index in [2.05, 4.69) is 26.0 Å². The molecule has 0 bridgehead atoms. The Labute approximate surface area is 163 Å². The lowest BCUT2D eigenvalue weighted by Crippen LogP contribution is -2.26. The number of hydrogen-bond acceptors (Lipinski definition) is 7. The van der Waals surface area contributed by atoms with E-state index in [0.717, 1.165) is 24.1 Å². The lowest BCUT2D eigenvalue weighted by Gasteiger charge is -2.23. The van der Waals surface area contributed by atoms with Crippen molar-refractivity contribution < 1.29 is 9.47 Å². The molecule has 2 aromatic heterocycles. The summed E-state index contributed by atoms with van der Waals surface area (Å²) in [5.74, 6) is 1.90. The number of nitriles is 1. The summed E-state index contributed by atoms with van der Waals surface area (Å²) in [5, 5.41) is 9.56. The first kappa shape index (κ1) is 18.0. The lowest BCUT2D eigenvalue weighted by molar-refractivity contribution is 0.0254. The molecule has 0 radical (unpaired) electrons. The van der Waals surface area contributed by atoms with Gasteiger partial charge in [0.25, 0.3) is 0 Å². The van der Waals surface area contributed by atoms with Crippen LogP contribution in [0.2, 0.25) is 0 Å². The molecule has 140 valence electrons. The highest BCUT2D eigenvalue weighted by Crippen LogP contribution is 2.27. The number of aromatic nitrogens is 4. The Hall–Kier alpha value is -3.37. The molecule has 1 fully saturated rings. The highest BCUT2D eigenvalue weighted by atomic mass is 16.5. The number of benzene rings is 1. The summed E-state index contributed by atoms with van der Waals surface area (Å²) in [6, 6.07) is 11.4. The number of hydrogen-bond donors (Lipinski definition) is 0. The van der Waals surface area contributed by atoms with E-state index in [1.165, 1.54) is 0 Å². The van der Waals surface area contributed by atoms with Crippen LogP contribution >= 0.6 is 0 Å². The maximum absolute atomic E-state index is 9.56. The van der Waals surface area contributed by atoms with Crippen LogP contribution < -0.4 is 4.74 Å². The van der Waals surface area contributed by atoms with E-state index in [-0.39, 0.29) is 6.10 Å². The monoisotopic (exact) mass is 373 g/mol. The van der Waals surface area contributed by atoms with Crippen molar-refractivity contribution in [2.24, 2.45) is 0 Å². The standard InChI is InChI=1S/C21H19N5O2/c22-14-16-12-15(2-3-19(16)28-17-5-10-27-11-6-17)18-4-9-25-21(26-18)13-20-23-7-1-8-24-20/h1-4,7-9,12,17H,5-6,10-11,13H2. The molecule has 0 spiro atoms. The van der Waals surface area contributed by atoms with Crippen LogP contribution in [0, 0.1) is 11.3 Å². The Morgan fingerprint density at radius 1 is 1.04 bits per heavy atom. The van der Waals surface area contributed by atoms with E-state index in [4.69, 9.17) is 9.47 Å². The molecule has 1 saturated heterocycles. The second-order valence-corrected chi connectivity index (χ2v) is 6.45. The predicted octanol–water partition coefficient (Wildman–Crippen LogP) is 2.95. The van der Waals surface area contributed by atoms with Gasteiger partial charge in [0, 0.05) is 37.0 Å². The van der Waals surface area contributed by atoms with Crippen molar-refractivity contribution in [3.05, 3.63) is 66.1 Å². The van der Waals surface area contributed by atoms with Crippen LogP contribution in [0.3, 0.4) is 0 Å². The molecular formula is C21H19N5O2. The SMILES string of the molecule is N#Cc1cc(-c2ccnc(Cc3ncccn3)n2)ccc1OC1CCOCC1. The summed E-state index contributed by atoms with van der Waals surface area (Å²) in [7, 11) is 0. The van der Waals surface area contributed by atoms with Gasteiger partial charge >= 0.3 is 0 Å². The van der Waals surface area contributed by atoms with Gasteiger partial charge in [-0.1, -0.05) is 0 Å². The van der Waals surface area contributed by atoms with Crippen LogP contribution in [-0.4, -0.2) is 39.3 Å². The molecule has 1 aliphatic heterocycles. The van der Waals surface area contributed by atoms with Gasteiger partial charge in [0.1, 0.15) is 29.6 Å². The van der Waals surface area contributed by atoms with Crippen LogP contribution in [-0.2, 0) is 11.2 Å². The highest BCUT2D eigenvalue weighted by molar-refractivity contribution is 5.64. The van der Waals surface area contributed by atoms with E-state index in [1.807, 2.05) is 18.2 Å². The van der Waals surface area contributed by atoms with Crippen LogP contribution in [0.25, 0.3) is 11.3 Å². The summed E-state index contributed by atoms with van der Waals surface area (Å²) < 4.78 is 11.4. The van der Waals surface area contributed by atoms with Crippen LogP contribution in [0.1, 0.15) is 30.1 Å². The van der Waals surface area contributed by atoms with E-state index in [0.29, 0.717) is 42.6 Å². The van der Waals surface area contributed by atoms with E-state index in [9.17, 15) is 5.26 Å². The molecule has 0 unspecified atom stereocenters. The molecule has 7 heteroatoms. The average molecular weight is 373 g/mol. The summed E-state index contributed by atoms with van der Waals surface area (Å²) >= 11 is 0. The third-order valence-corrected chi connectivity index (χ3v) is 4.50. The number of ether oxygens (including phenoxy) is 2. The maximum Gasteiger partial charge on any atom is 0.137 e. The van der Waals surface area contributed by atoms with Gasteiger partial charge in [-0.2, -0.15) is 5.26 Å². The van der Waals surface area contributed by atoms with E-state index < -0.39 is 0 Å². The van der Waals surface area contributed by atoms with Crippen LogP contribution in [0.4, 0.5) is 0 Å². The topological polar surface area (TPSA) is 93.8 Å². The van der Waals surface area contributed by atoms with E-state index in [1.54, 1.807) is 30.7 Å². The second kappa shape index (κ2) is 8.55. The summed E-state index contributed by atoms with van der Waals surface area (Å²) in [4.78, 5) is 17.3. The molecule has 3 aromatic rings. The molecular weight excluding hydrogens is 354 g/mol. The zero-order valence-electron chi connectivity index (χ0n) is 15.3. The summed E-state index contributed by atoms with van der Waals surface area (Å²) in [6.07, 6.45) is 7.31. The largest absolute Gasteiger partial charge is 0.489 e. The van der Waals surface area contributed by atoms with Crippen LogP contribution in [0.15, 0.2) is 48.9 Å². The Bertz CT molecular complexity index is 982. The quantitative estimate of drug-likeness (QED) is 0.678. The van der Waals surface area contributed by atoms with Crippen molar-refractivity contribution >= 4 is 0 Å². The first-order valence-corrected chi connectivity index (χ1v) is 9.18. The van der Waals surface area contributed by atoms with Crippen molar-refractivity contribution in [1.29, 1.82) is 5.26 Å². The molecule has 0 atom stereocenters. The van der Waals surface area contributed by atoms with Crippen LogP contribution in [0.5, 0.6) is 5.75 Å². The molecule has 4 rings (SSSR count). The van der Waals surface area contributed by atoms with Gasteiger partial charge in [0.15, 0.2) is 0 Å². The normalized spacial score (nSPS) is 14.4. The Balaban J connectivity index is 1.55. The van der Waals surface area contributed by atoms with Crippen molar-refractivity contribution in [3.8, 4) is 23.1 Å². The Morgan fingerprint density at radius 3 is 2.61 bits per heavy atom. The fraction of sp³-hybridized carbons (Fsp3) is 0.286. The van der Waals surface area contributed by atoms with Gasteiger partial charge in [-0.25, -0.2) is 19.9 Å². The predicted molar refractivity (Wildman–Crippen MR) is 101 cm³/mol. The number of nitrogens with zero attached hydrogens (tertiary/aromatic N) is 5. The third kappa shape index (κ3) is 4.30. The Morgan fingerprint density at radius 2 is 1.82 bits per heavy atom. The molecule has 3 heterocycles. The van der Waals surface area contributed by atoms with Crippen molar-refractivity contribution in [3.63, 3.8) is 0 Å². The fourth-order valence-corrected chi connectivity index (χ4v) is 3.06. The van der Waals surface area contributed by atoms with E-state index >= 15 is 0 Å². The van der Waals surface area contributed by atoms with Gasteiger partial charge in [-0.05, 0) is 30.3 Å². The van der Waals surface area contributed by atoms with Gasteiger partial charge in [-0.15, -0.1) is 0 Å². The highest BCUT2D eigenvalue weighted by Gasteiger charge is 2.17. The molecule has 0 amide bonds. The minimum atomic E-state index is 0.0863. The molecule has 0 saturated carbocycles. The van der Waals surface area contributed by atoms with Gasteiger partial charge < -0.3 is 9.47 Å². The third-order valence-electron chi connectivity index (χ3n) is 4.50. The second-order valence-electron chi connectivity index (χ2n) is 6.45. The first-order valence-electron chi connectivity index (χ1n) is 9.18. The van der Waals surface area contributed by atoms with Gasteiger partial charge in [0.2, 0.25) is 0 Å². The minimum Gasteiger partial charge on any atom is -0.489 e. The number of rotatable bonds is 5. The Kier molecular flexibility index (Phi) is 5.50. The molecule has 1 aromatic carbocycles. The van der Waals surface area contributed by atoms with Gasteiger partial charge in [0.05, 0.1) is 30.9 Å². The first-order chi connectivity index (χ1) is 13.8. The van der Waals surface area contributed by atoms with Crippen molar-refractivity contribution in [2.75, 3.05) is 13.2 Å². The maximum atomic E-state index is 9.56. The fourth-order valence-electron chi connectivity index (χ4n) is 3.06. The zero-order valence-corrected chi connectivity index (χ0v) is 15.3. The molecule has 7 nitrogen and oxygen atoms in total. The summed E-state index contributed by atoms with van der Waals surface area (Å²) in [5.41, 5.74) is 2.08. The molecule has 0 N–H and O–H groups in total. The molecule has 28 heavy (non-hydrogen) atoms. The molecule has 0 aliphatic carbocycles. The lowest BCUT2D eigenvalue weighted by atomic mass is 10.1. The smallest absolute Gasteiger partial charge is 0.137 e. The van der Waals surface area contributed by atoms with Crippen molar-refractivity contribution in [2.45, 2.75) is 25.4 Å². The van der Waals surface area contributed by atoms with Crippen molar-refractivity contribution in [1.82, 2.24) is 19.9 Å². The van der Waals surface area contributed by atoms with Gasteiger partial charge in [-0.3, -0.25) is 0 Å².